The molecule has 106 valence electrons. The summed E-state index contributed by atoms with van der Waals surface area (Å²) in [6.07, 6.45) is 5.01. The zero-order valence-corrected chi connectivity index (χ0v) is 12.1. The van der Waals surface area contributed by atoms with Gasteiger partial charge in [-0.15, -0.1) is 0 Å². The number of anilines is 1. The molecule has 0 aliphatic heterocycles. The summed E-state index contributed by atoms with van der Waals surface area (Å²) in [5, 5.41) is 10.2. The third kappa shape index (κ3) is 3.48. The Morgan fingerprint density at radius 3 is 3.00 bits per heavy atom. The fourth-order valence-electron chi connectivity index (χ4n) is 1.79. The van der Waals surface area contributed by atoms with Gasteiger partial charge >= 0.3 is 0 Å². The van der Waals surface area contributed by atoms with Crippen LogP contribution in [0.1, 0.15) is 17.3 Å². The lowest BCUT2D eigenvalue weighted by Crippen LogP contribution is -2.36. The Balaban J connectivity index is 2.04. The van der Waals surface area contributed by atoms with Gasteiger partial charge in [0.1, 0.15) is 5.82 Å². The van der Waals surface area contributed by atoms with E-state index in [2.05, 4.69) is 20.7 Å². The predicted octanol–water partition coefficient (Wildman–Crippen LogP) is 1.79. The van der Waals surface area contributed by atoms with E-state index in [1.165, 1.54) is 6.20 Å². The molecule has 20 heavy (non-hydrogen) atoms. The van der Waals surface area contributed by atoms with Crippen molar-refractivity contribution >= 4 is 23.3 Å². The van der Waals surface area contributed by atoms with E-state index < -0.39 is 0 Å². The van der Waals surface area contributed by atoms with Gasteiger partial charge in [-0.1, -0.05) is 11.6 Å². The maximum absolute atomic E-state index is 12.2. The molecule has 1 amide bonds. The lowest BCUT2D eigenvalue weighted by atomic mass is 10.2. The number of rotatable bonds is 5. The number of nitrogens with zero attached hydrogens (tertiary/aromatic N) is 3. The van der Waals surface area contributed by atoms with E-state index in [1.807, 2.05) is 19.2 Å². The number of hydrogen-bond donors (Lipinski definition) is 2. The van der Waals surface area contributed by atoms with Gasteiger partial charge in [-0.25, -0.2) is 4.98 Å². The number of pyridine rings is 1. The standard InChI is InChI=1S/C13H16ClN5O/c1-9(8-19-5-3-4-17-19)18-13(20)10-6-12(15-2)16-7-11(10)14/h3-7,9H,8H2,1-2H3,(H,15,16)(H,18,20). The average Bonchev–Trinajstić information content (AvgIpc) is 2.91. The van der Waals surface area contributed by atoms with E-state index in [4.69, 9.17) is 11.6 Å². The van der Waals surface area contributed by atoms with Gasteiger partial charge in [-0.05, 0) is 19.1 Å². The lowest BCUT2D eigenvalue weighted by molar-refractivity contribution is 0.0936. The summed E-state index contributed by atoms with van der Waals surface area (Å²) in [6.45, 7) is 2.51. The first-order chi connectivity index (χ1) is 9.60. The Morgan fingerprint density at radius 1 is 1.55 bits per heavy atom. The van der Waals surface area contributed by atoms with Crippen LogP contribution < -0.4 is 10.6 Å². The predicted molar refractivity (Wildman–Crippen MR) is 77.9 cm³/mol. The summed E-state index contributed by atoms with van der Waals surface area (Å²) in [4.78, 5) is 16.2. The third-order valence-corrected chi connectivity index (χ3v) is 3.05. The molecule has 2 aromatic heterocycles. The van der Waals surface area contributed by atoms with Crippen molar-refractivity contribution in [1.82, 2.24) is 20.1 Å². The Labute approximate surface area is 122 Å². The molecule has 0 radical (unpaired) electrons. The van der Waals surface area contributed by atoms with Gasteiger partial charge < -0.3 is 10.6 Å². The molecule has 2 aromatic rings. The van der Waals surface area contributed by atoms with E-state index in [-0.39, 0.29) is 11.9 Å². The Morgan fingerprint density at radius 2 is 2.35 bits per heavy atom. The molecule has 0 aromatic carbocycles. The Bertz CT molecular complexity index is 584. The van der Waals surface area contributed by atoms with Gasteiger partial charge in [-0.3, -0.25) is 9.48 Å². The number of carbonyl (C=O) groups is 1. The molecule has 0 saturated carbocycles. The molecule has 0 saturated heterocycles. The zero-order chi connectivity index (χ0) is 14.5. The minimum absolute atomic E-state index is 0.0651. The summed E-state index contributed by atoms with van der Waals surface area (Å²) in [5.41, 5.74) is 0.401. The van der Waals surface area contributed by atoms with Crippen LogP contribution in [0.5, 0.6) is 0 Å². The van der Waals surface area contributed by atoms with Crippen LogP contribution >= 0.6 is 11.6 Å². The molecule has 0 aliphatic carbocycles. The van der Waals surface area contributed by atoms with E-state index in [1.54, 1.807) is 24.0 Å². The van der Waals surface area contributed by atoms with Crippen LogP contribution in [0.4, 0.5) is 5.82 Å². The molecule has 0 bridgehead atoms. The van der Waals surface area contributed by atoms with Crippen molar-refractivity contribution in [3.63, 3.8) is 0 Å². The van der Waals surface area contributed by atoms with Crippen LogP contribution in [0, 0.1) is 0 Å². The van der Waals surface area contributed by atoms with E-state index in [9.17, 15) is 4.79 Å². The maximum Gasteiger partial charge on any atom is 0.253 e. The van der Waals surface area contributed by atoms with Crippen LogP contribution in [-0.2, 0) is 6.54 Å². The fraction of sp³-hybridized carbons (Fsp3) is 0.308. The normalized spacial score (nSPS) is 11.9. The van der Waals surface area contributed by atoms with Crippen molar-refractivity contribution < 1.29 is 4.79 Å². The second kappa shape index (κ2) is 6.38. The molecular weight excluding hydrogens is 278 g/mol. The second-order valence-electron chi connectivity index (χ2n) is 4.40. The largest absolute Gasteiger partial charge is 0.373 e. The molecule has 0 aliphatic rings. The molecule has 1 atom stereocenters. The number of nitrogens with one attached hydrogen (secondary N) is 2. The number of amides is 1. The van der Waals surface area contributed by atoms with Crippen LogP contribution in [0.3, 0.4) is 0 Å². The third-order valence-electron chi connectivity index (χ3n) is 2.75. The second-order valence-corrected chi connectivity index (χ2v) is 4.81. The zero-order valence-electron chi connectivity index (χ0n) is 11.3. The average molecular weight is 294 g/mol. The molecular formula is C13H16ClN5O. The minimum atomic E-state index is -0.228. The highest BCUT2D eigenvalue weighted by Crippen LogP contribution is 2.17. The van der Waals surface area contributed by atoms with Crippen LogP contribution in [0.25, 0.3) is 0 Å². The maximum atomic E-state index is 12.2. The van der Waals surface area contributed by atoms with Gasteiger partial charge in [0, 0.05) is 31.7 Å². The first-order valence-electron chi connectivity index (χ1n) is 6.21. The highest BCUT2D eigenvalue weighted by molar-refractivity contribution is 6.33. The van der Waals surface area contributed by atoms with E-state index in [0.29, 0.717) is 22.9 Å². The molecule has 0 spiro atoms. The number of aromatic nitrogens is 3. The first-order valence-corrected chi connectivity index (χ1v) is 6.59. The number of hydrogen-bond acceptors (Lipinski definition) is 4. The molecule has 2 heterocycles. The highest BCUT2D eigenvalue weighted by atomic mass is 35.5. The molecule has 2 rings (SSSR count). The minimum Gasteiger partial charge on any atom is -0.373 e. The highest BCUT2D eigenvalue weighted by Gasteiger charge is 2.14. The molecule has 2 N–H and O–H groups in total. The lowest BCUT2D eigenvalue weighted by Gasteiger charge is -2.15. The van der Waals surface area contributed by atoms with Gasteiger partial charge in [0.25, 0.3) is 5.91 Å². The molecule has 1 unspecified atom stereocenters. The van der Waals surface area contributed by atoms with Crippen LogP contribution in [-0.4, -0.2) is 33.8 Å². The van der Waals surface area contributed by atoms with Crippen LogP contribution in [0.2, 0.25) is 5.02 Å². The number of halogens is 1. The summed E-state index contributed by atoms with van der Waals surface area (Å²) < 4.78 is 1.76. The Hall–Kier alpha value is -2.08. The van der Waals surface area contributed by atoms with Crippen molar-refractivity contribution in [2.75, 3.05) is 12.4 Å². The molecule has 0 fully saturated rings. The van der Waals surface area contributed by atoms with Crippen molar-refractivity contribution in [2.45, 2.75) is 19.5 Å². The van der Waals surface area contributed by atoms with Gasteiger partial charge in [0.15, 0.2) is 0 Å². The van der Waals surface area contributed by atoms with Crippen molar-refractivity contribution in [1.29, 1.82) is 0 Å². The van der Waals surface area contributed by atoms with Crippen molar-refractivity contribution in [3.05, 3.63) is 41.3 Å². The quantitative estimate of drug-likeness (QED) is 0.882. The summed E-state index contributed by atoms with van der Waals surface area (Å²) in [5.74, 6) is 0.368. The van der Waals surface area contributed by atoms with Gasteiger partial charge in [0.2, 0.25) is 0 Å². The molecule has 6 nitrogen and oxygen atoms in total. The van der Waals surface area contributed by atoms with Crippen LogP contribution in [0.15, 0.2) is 30.7 Å². The monoisotopic (exact) mass is 293 g/mol. The van der Waals surface area contributed by atoms with Gasteiger partial charge in [-0.2, -0.15) is 5.10 Å². The SMILES string of the molecule is CNc1cc(C(=O)NC(C)Cn2cccn2)c(Cl)cn1. The van der Waals surface area contributed by atoms with Gasteiger partial charge in [0.05, 0.1) is 17.1 Å². The topological polar surface area (TPSA) is 71.8 Å². The Kier molecular flexibility index (Phi) is 4.57. The van der Waals surface area contributed by atoms with Crippen molar-refractivity contribution in [3.8, 4) is 0 Å². The summed E-state index contributed by atoms with van der Waals surface area (Å²) >= 11 is 6.01. The van der Waals surface area contributed by atoms with E-state index >= 15 is 0 Å². The fourth-order valence-corrected chi connectivity index (χ4v) is 1.97. The first kappa shape index (κ1) is 14.3. The number of carbonyl (C=O) groups excluding carboxylic acids is 1. The molecule has 7 heteroatoms. The summed E-state index contributed by atoms with van der Waals surface area (Å²) in [7, 11) is 1.73. The van der Waals surface area contributed by atoms with E-state index in [0.717, 1.165) is 0 Å². The smallest absolute Gasteiger partial charge is 0.253 e. The summed E-state index contributed by atoms with van der Waals surface area (Å²) in [6, 6.07) is 3.40. The van der Waals surface area contributed by atoms with Crippen molar-refractivity contribution in [2.24, 2.45) is 0 Å².